The highest BCUT2D eigenvalue weighted by molar-refractivity contribution is 5.39. The number of benzene rings is 1. The topological polar surface area (TPSA) is 46.2 Å². The number of rotatable bonds is 16. The van der Waals surface area contributed by atoms with Crippen LogP contribution in [0.2, 0.25) is 0 Å². The molecule has 1 aromatic carbocycles. The predicted octanol–water partition coefficient (Wildman–Crippen LogP) is 6.27. The van der Waals surface area contributed by atoms with Gasteiger partial charge in [0.05, 0.1) is 0 Å². The van der Waals surface area contributed by atoms with Gasteiger partial charge >= 0.3 is 0 Å². The Morgan fingerprint density at radius 2 is 0.917 bits per heavy atom. The van der Waals surface area contributed by atoms with Crippen molar-refractivity contribution in [1.29, 1.82) is 0 Å². The van der Waals surface area contributed by atoms with Gasteiger partial charge in [-0.15, -0.1) is 0 Å². The molecular formula is C22H39NO. The molecule has 2 nitrogen and oxygen atoms in total. The molecule has 24 heavy (non-hydrogen) atoms. The maximum Gasteiger partial charge on any atom is 0.0431 e. The minimum Gasteiger partial charge on any atom is -0.399 e. The second-order valence-electron chi connectivity index (χ2n) is 7.16. The molecule has 0 radical (unpaired) electrons. The zero-order chi connectivity index (χ0) is 17.3. The Labute approximate surface area is 149 Å². The Balaban J connectivity index is 1.75. The molecule has 0 atom stereocenters. The summed E-state index contributed by atoms with van der Waals surface area (Å²) < 4.78 is 0. The van der Waals surface area contributed by atoms with E-state index in [1.54, 1.807) is 0 Å². The van der Waals surface area contributed by atoms with Gasteiger partial charge in [-0.1, -0.05) is 89.2 Å². The monoisotopic (exact) mass is 333 g/mol. The van der Waals surface area contributed by atoms with E-state index in [2.05, 4.69) is 12.1 Å². The molecule has 0 fully saturated rings. The maximum absolute atomic E-state index is 8.71. The van der Waals surface area contributed by atoms with Crippen LogP contribution in [0.4, 0.5) is 5.69 Å². The zero-order valence-electron chi connectivity index (χ0n) is 15.6. The third kappa shape index (κ3) is 12.4. The van der Waals surface area contributed by atoms with E-state index >= 15 is 0 Å². The van der Waals surface area contributed by atoms with Crippen LogP contribution in [-0.2, 0) is 6.42 Å². The van der Waals surface area contributed by atoms with Crippen LogP contribution in [0.3, 0.4) is 0 Å². The van der Waals surface area contributed by atoms with Crippen LogP contribution in [-0.4, -0.2) is 11.7 Å². The molecule has 0 amide bonds. The van der Waals surface area contributed by atoms with Crippen LogP contribution in [0.5, 0.6) is 0 Å². The number of aliphatic hydroxyl groups is 1. The summed E-state index contributed by atoms with van der Waals surface area (Å²) in [5.41, 5.74) is 7.98. The smallest absolute Gasteiger partial charge is 0.0431 e. The number of hydrogen-bond donors (Lipinski definition) is 2. The van der Waals surface area contributed by atoms with Crippen molar-refractivity contribution in [3.8, 4) is 0 Å². The lowest BCUT2D eigenvalue weighted by atomic mass is 10.0. The Kier molecular flexibility index (Phi) is 13.6. The summed E-state index contributed by atoms with van der Waals surface area (Å²) in [6.45, 7) is 0.362. The summed E-state index contributed by atoms with van der Waals surface area (Å²) in [6.07, 6.45) is 20.0. The summed E-state index contributed by atoms with van der Waals surface area (Å²) in [4.78, 5) is 0. The molecule has 138 valence electrons. The Hall–Kier alpha value is -1.02. The van der Waals surface area contributed by atoms with Crippen LogP contribution in [0.1, 0.15) is 95.5 Å². The predicted molar refractivity (Wildman–Crippen MR) is 106 cm³/mol. The number of nitrogen functional groups attached to an aromatic ring is 1. The molecule has 0 aliphatic heterocycles. The van der Waals surface area contributed by atoms with E-state index in [4.69, 9.17) is 10.8 Å². The highest BCUT2D eigenvalue weighted by Gasteiger charge is 1.96. The number of hydrogen-bond acceptors (Lipinski definition) is 2. The van der Waals surface area contributed by atoms with Gasteiger partial charge in [0, 0.05) is 12.3 Å². The minimum absolute atomic E-state index is 0.362. The molecule has 3 N–H and O–H groups in total. The van der Waals surface area contributed by atoms with Crippen molar-refractivity contribution in [2.75, 3.05) is 12.3 Å². The first-order valence-electron chi connectivity index (χ1n) is 10.3. The number of anilines is 1. The number of aliphatic hydroxyl groups excluding tert-OH is 1. The van der Waals surface area contributed by atoms with Gasteiger partial charge in [0.25, 0.3) is 0 Å². The van der Waals surface area contributed by atoms with Crippen molar-refractivity contribution in [3.63, 3.8) is 0 Å². The largest absolute Gasteiger partial charge is 0.399 e. The molecule has 0 spiro atoms. The van der Waals surface area contributed by atoms with Crippen LogP contribution in [0.15, 0.2) is 24.3 Å². The molecule has 0 bridgehead atoms. The zero-order valence-corrected chi connectivity index (χ0v) is 15.6. The molecule has 0 saturated heterocycles. The highest BCUT2D eigenvalue weighted by Crippen LogP contribution is 2.14. The lowest BCUT2D eigenvalue weighted by Gasteiger charge is -2.04. The summed E-state index contributed by atoms with van der Waals surface area (Å²) >= 11 is 0. The SMILES string of the molecule is Nc1ccc(CCCCCCCCCCCCCCCCO)cc1. The van der Waals surface area contributed by atoms with Gasteiger partial charge in [-0.3, -0.25) is 0 Å². The second-order valence-corrected chi connectivity index (χ2v) is 7.16. The van der Waals surface area contributed by atoms with Crippen molar-refractivity contribution >= 4 is 5.69 Å². The summed E-state index contributed by atoms with van der Waals surface area (Å²) in [5, 5.41) is 8.71. The van der Waals surface area contributed by atoms with Crippen LogP contribution >= 0.6 is 0 Å². The van der Waals surface area contributed by atoms with Crippen molar-refractivity contribution in [2.45, 2.75) is 96.3 Å². The fourth-order valence-corrected chi connectivity index (χ4v) is 3.25. The lowest BCUT2D eigenvalue weighted by Crippen LogP contribution is -1.88. The third-order valence-corrected chi connectivity index (χ3v) is 4.85. The van der Waals surface area contributed by atoms with Crippen LogP contribution in [0, 0.1) is 0 Å². The maximum atomic E-state index is 8.71. The quantitative estimate of drug-likeness (QED) is 0.277. The van der Waals surface area contributed by atoms with Gasteiger partial charge in [0.2, 0.25) is 0 Å². The fraction of sp³-hybridized carbons (Fsp3) is 0.727. The van der Waals surface area contributed by atoms with E-state index < -0.39 is 0 Å². The number of aryl methyl sites for hydroxylation is 1. The number of unbranched alkanes of at least 4 members (excludes halogenated alkanes) is 13. The van der Waals surface area contributed by atoms with E-state index in [-0.39, 0.29) is 0 Å². The van der Waals surface area contributed by atoms with E-state index in [1.165, 1.54) is 95.5 Å². The average Bonchev–Trinajstić information content (AvgIpc) is 2.60. The molecule has 0 heterocycles. The highest BCUT2D eigenvalue weighted by atomic mass is 16.2. The Bertz CT molecular complexity index is 374. The average molecular weight is 334 g/mol. The molecule has 1 aromatic rings. The molecule has 1 rings (SSSR count). The number of nitrogens with two attached hydrogens (primary N) is 1. The van der Waals surface area contributed by atoms with Gasteiger partial charge in [-0.05, 0) is 37.0 Å². The fourth-order valence-electron chi connectivity index (χ4n) is 3.25. The van der Waals surface area contributed by atoms with Crippen LogP contribution < -0.4 is 5.73 Å². The van der Waals surface area contributed by atoms with Crippen molar-refractivity contribution in [3.05, 3.63) is 29.8 Å². The summed E-state index contributed by atoms with van der Waals surface area (Å²) in [7, 11) is 0. The van der Waals surface area contributed by atoms with Gasteiger partial charge in [0.1, 0.15) is 0 Å². The van der Waals surface area contributed by atoms with Crippen LogP contribution in [0.25, 0.3) is 0 Å². The molecule has 0 aromatic heterocycles. The van der Waals surface area contributed by atoms with E-state index in [0.717, 1.165) is 12.1 Å². The van der Waals surface area contributed by atoms with E-state index in [0.29, 0.717) is 6.61 Å². The molecule has 0 aliphatic rings. The molecule has 0 saturated carbocycles. The van der Waals surface area contributed by atoms with Gasteiger partial charge in [-0.2, -0.15) is 0 Å². The van der Waals surface area contributed by atoms with Crippen molar-refractivity contribution in [2.24, 2.45) is 0 Å². The van der Waals surface area contributed by atoms with Gasteiger partial charge < -0.3 is 10.8 Å². The lowest BCUT2D eigenvalue weighted by molar-refractivity contribution is 0.282. The second kappa shape index (κ2) is 15.5. The third-order valence-electron chi connectivity index (χ3n) is 4.85. The molecule has 0 aliphatic carbocycles. The van der Waals surface area contributed by atoms with Crippen molar-refractivity contribution in [1.82, 2.24) is 0 Å². The summed E-state index contributed by atoms with van der Waals surface area (Å²) in [5.74, 6) is 0. The van der Waals surface area contributed by atoms with Crippen molar-refractivity contribution < 1.29 is 5.11 Å². The molecular weight excluding hydrogens is 294 g/mol. The van der Waals surface area contributed by atoms with Gasteiger partial charge in [-0.25, -0.2) is 0 Å². The van der Waals surface area contributed by atoms with E-state index in [9.17, 15) is 0 Å². The Morgan fingerprint density at radius 1 is 0.542 bits per heavy atom. The first kappa shape index (κ1) is 21.0. The molecule has 2 heteroatoms. The van der Waals surface area contributed by atoms with E-state index in [1.807, 2.05) is 12.1 Å². The minimum atomic E-state index is 0.362. The Morgan fingerprint density at radius 3 is 1.33 bits per heavy atom. The van der Waals surface area contributed by atoms with Gasteiger partial charge in [0.15, 0.2) is 0 Å². The normalized spacial score (nSPS) is 11.0. The standard InChI is InChI=1S/C22H39NO/c23-22-18-16-21(17-19-22)15-13-11-9-7-5-3-1-2-4-6-8-10-12-14-20-24/h16-19,24H,1-15,20,23H2. The summed E-state index contributed by atoms with van der Waals surface area (Å²) in [6, 6.07) is 8.32. The molecule has 0 unspecified atom stereocenters. The first-order chi connectivity index (χ1) is 11.8. The first-order valence-corrected chi connectivity index (χ1v) is 10.3.